The quantitative estimate of drug-likeness (QED) is 0.195. The maximum absolute atomic E-state index is 12.3. The number of ether oxygens (including phenoxy) is 2. The van der Waals surface area contributed by atoms with E-state index in [1.54, 1.807) is 0 Å². The van der Waals surface area contributed by atoms with Gasteiger partial charge in [0.15, 0.2) is 0 Å². The van der Waals surface area contributed by atoms with Crippen LogP contribution in [-0.2, 0) is 20.4 Å². The summed E-state index contributed by atoms with van der Waals surface area (Å²) in [5.41, 5.74) is 3.41. The van der Waals surface area contributed by atoms with Gasteiger partial charge in [0.1, 0.15) is 11.5 Å². The van der Waals surface area contributed by atoms with Gasteiger partial charge in [-0.3, -0.25) is 9.59 Å². The second-order valence-electron chi connectivity index (χ2n) is 10.5. The average Bonchev–Trinajstić information content (AvgIpc) is 3.00. The zero-order valence-electron chi connectivity index (χ0n) is 21.5. The molecule has 184 valence electrons. The Labute approximate surface area is 205 Å². The smallest absolute Gasteiger partial charge is 0.311 e. The third kappa shape index (κ3) is 6.08. The van der Waals surface area contributed by atoms with E-state index >= 15 is 0 Å². The summed E-state index contributed by atoms with van der Waals surface area (Å²) >= 11 is 0. The Morgan fingerprint density at radius 2 is 1.26 bits per heavy atom. The fourth-order valence-electron chi connectivity index (χ4n) is 5.26. The fraction of sp³-hybridized carbons (Fsp3) is 0.533. The minimum absolute atomic E-state index is 0.00182. The first-order chi connectivity index (χ1) is 16.2. The highest BCUT2D eigenvalue weighted by atomic mass is 16.5. The summed E-state index contributed by atoms with van der Waals surface area (Å²) in [7, 11) is 0. The lowest BCUT2D eigenvalue weighted by Gasteiger charge is -2.28. The largest absolute Gasteiger partial charge is 0.427 e. The van der Waals surface area contributed by atoms with E-state index < -0.39 is 0 Å². The summed E-state index contributed by atoms with van der Waals surface area (Å²) in [5.74, 6) is 0.852. The number of rotatable bonds is 11. The van der Waals surface area contributed by atoms with Gasteiger partial charge in [-0.15, -0.1) is 0 Å². The Bertz CT molecular complexity index is 989. The van der Waals surface area contributed by atoms with Crippen molar-refractivity contribution in [2.24, 2.45) is 0 Å². The van der Waals surface area contributed by atoms with Crippen molar-refractivity contribution in [2.75, 3.05) is 0 Å². The van der Waals surface area contributed by atoms with E-state index in [9.17, 15) is 9.59 Å². The highest BCUT2D eigenvalue weighted by Gasteiger charge is 2.46. The van der Waals surface area contributed by atoms with E-state index in [0.717, 1.165) is 50.5 Å². The van der Waals surface area contributed by atoms with Crippen molar-refractivity contribution in [3.63, 3.8) is 0 Å². The topological polar surface area (TPSA) is 52.6 Å². The first-order valence-electron chi connectivity index (χ1n) is 12.9. The van der Waals surface area contributed by atoms with Crippen LogP contribution in [0.15, 0.2) is 42.5 Å². The molecule has 0 saturated heterocycles. The number of carbonyl (C=O) groups excluding carboxylic acids is 2. The molecule has 0 bridgehead atoms. The van der Waals surface area contributed by atoms with Crippen LogP contribution in [-0.4, -0.2) is 11.9 Å². The highest BCUT2D eigenvalue weighted by molar-refractivity contribution is 5.73. The summed E-state index contributed by atoms with van der Waals surface area (Å²) in [6, 6.07) is 14.0. The Morgan fingerprint density at radius 3 is 1.82 bits per heavy atom. The van der Waals surface area contributed by atoms with Gasteiger partial charge in [-0.05, 0) is 65.6 Å². The van der Waals surface area contributed by atoms with Gasteiger partial charge in [0.05, 0.1) is 0 Å². The molecule has 0 spiro atoms. The van der Waals surface area contributed by atoms with Gasteiger partial charge in [-0.25, -0.2) is 0 Å². The van der Waals surface area contributed by atoms with Gasteiger partial charge in [-0.2, -0.15) is 0 Å². The zero-order chi connectivity index (χ0) is 24.8. The molecule has 0 aromatic heterocycles. The van der Waals surface area contributed by atoms with E-state index in [2.05, 4.69) is 52.8 Å². The highest BCUT2D eigenvalue weighted by Crippen LogP contribution is 2.53. The predicted octanol–water partition coefficient (Wildman–Crippen LogP) is 7.65. The predicted molar refractivity (Wildman–Crippen MR) is 137 cm³/mol. The zero-order valence-corrected chi connectivity index (χ0v) is 21.5. The normalized spacial score (nSPS) is 18.4. The molecule has 0 saturated carbocycles. The maximum atomic E-state index is 12.3. The lowest BCUT2D eigenvalue weighted by Crippen LogP contribution is -2.23. The van der Waals surface area contributed by atoms with Crippen LogP contribution >= 0.6 is 0 Å². The molecule has 0 unspecified atom stereocenters. The maximum Gasteiger partial charge on any atom is 0.311 e. The molecule has 2 aromatic carbocycles. The summed E-state index contributed by atoms with van der Waals surface area (Å²) in [5, 5.41) is 0. The van der Waals surface area contributed by atoms with E-state index in [1.165, 1.54) is 11.1 Å². The molecule has 2 aromatic rings. The fourth-order valence-corrected chi connectivity index (χ4v) is 5.26. The summed E-state index contributed by atoms with van der Waals surface area (Å²) in [4.78, 5) is 24.4. The number of benzene rings is 2. The van der Waals surface area contributed by atoms with E-state index in [1.807, 2.05) is 24.3 Å². The number of carbonyl (C=O) groups is 2. The van der Waals surface area contributed by atoms with Crippen LogP contribution in [0.25, 0.3) is 0 Å². The lowest BCUT2D eigenvalue weighted by atomic mass is 9.75. The van der Waals surface area contributed by atoms with E-state index in [4.69, 9.17) is 9.47 Å². The first kappa shape index (κ1) is 26.0. The standard InChI is InChI=1S/C30H40O4/c1-6-8-10-12-27(31)33-23-16-14-22(15-17-23)30(5)21-29(3,4)25-19-18-24(20-26(25)30)34-28(32)13-11-9-7-2/h14-20H,6-13,21H2,1-5H3/t30-/m0/s1. The van der Waals surface area contributed by atoms with Crippen molar-refractivity contribution in [2.45, 2.75) is 103 Å². The van der Waals surface area contributed by atoms with Crippen molar-refractivity contribution in [3.05, 3.63) is 59.2 Å². The summed E-state index contributed by atoms with van der Waals surface area (Å²) < 4.78 is 11.2. The van der Waals surface area contributed by atoms with Gasteiger partial charge < -0.3 is 9.47 Å². The number of hydrogen-bond acceptors (Lipinski definition) is 4. The van der Waals surface area contributed by atoms with Crippen LogP contribution < -0.4 is 9.47 Å². The Morgan fingerprint density at radius 1 is 0.735 bits per heavy atom. The molecule has 4 heteroatoms. The third-order valence-electron chi connectivity index (χ3n) is 7.03. The SMILES string of the molecule is CCCCCC(=O)Oc1ccc([C@]2(C)CC(C)(C)c3ccc(OC(=O)CCCCC)cc32)cc1. The van der Waals surface area contributed by atoms with Gasteiger partial charge in [0, 0.05) is 18.3 Å². The molecule has 3 rings (SSSR count). The van der Waals surface area contributed by atoms with Crippen molar-refractivity contribution in [1.82, 2.24) is 0 Å². The number of esters is 2. The van der Waals surface area contributed by atoms with Gasteiger partial charge in [-0.1, -0.05) is 78.5 Å². The second-order valence-corrected chi connectivity index (χ2v) is 10.5. The monoisotopic (exact) mass is 464 g/mol. The minimum atomic E-state index is -0.229. The molecule has 0 amide bonds. The van der Waals surface area contributed by atoms with Crippen molar-refractivity contribution >= 4 is 11.9 Å². The molecule has 1 atom stereocenters. The molecule has 34 heavy (non-hydrogen) atoms. The van der Waals surface area contributed by atoms with Gasteiger partial charge in [0.25, 0.3) is 0 Å². The van der Waals surface area contributed by atoms with Crippen LogP contribution in [0.5, 0.6) is 11.5 Å². The molecule has 0 fully saturated rings. The lowest BCUT2D eigenvalue weighted by molar-refractivity contribution is -0.135. The molecule has 4 nitrogen and oxygen atoms in total. The molecule has 1 aliphatic rings. The van der Waals surface area contributed by atoms with Crippen LogP contribution in [0.1, 0.15) is 109 Å². The Kier molecular flexibility index (Phi) is 8.57. The number of unbranched alkanes of at least 4 members (excludes halogenated alkanes) is 4. The first-order valence-corrected chi connectivity index (χ1v) is 12.9. The molecule has 0 N–H and O–H groups in total. The van der Waals surface area contributed by atoms with Crippen LogP contribution in [0.2, 0.25) is 0 Å². The van der Waals surface area contributed by atoms with Crippen LogP contribution in [0.4, 0.5) is 0 Å². The molecular formula is C30H40O4. The van der Waals surface area contributed by atoms with E-state index in [0.29, 0.717) is 24.3 Å². The van der Waals surface area contributed by atoms with Gasteiger partial charge in [0.2, 0.25) is 0 Å². The average molecular weight is 465 g/mol. The van der Waals surface area contributed by atoms with Crippen molar-refractivity contribution in [3.8, 4) is 11.5 Å². The van der Waals surface area contributed by atoms with E-state index in [-0.39, 0.29) is 22.8 Å². The molecular weight excluding hydrogens is 424 g/mol. The Hall–Kier alpha value is -2.62. The molecule has 0 aliphatic heterocycles. The third-order valence-corrected chi connectivity index (χ3v) is 7.03. The molecule has 1 aliphatic carbocycles. The Balaban J connectivity index is 1.79. The molecule has 0 radical (unpaired) electrons. The van der Waals surface area contributed by atoms with Gasteiger partial charge >= 0.3 is 11.9 Å². The second kappa shape index (κ2) is 11.2. The summed E-state index contributed by atoms with van der Waals surface area (Å²) in [6.45, 7) is 11.0. The number of fused-ring (bicyclic) bond motifs is 1. The van der Waals surface area contributed by atoms with Crippen molar-refractivity contribution < 1.29 is 19.1 Å². The van der Waals surface area contributed by atoms with Crippen LogP contribution in [0, 0.1) is 0 Å². The van der Waals surface area contributed by atoms with Crippen molar-refractivity contribution in [1.29, 1.82) is 0 Å². The molecule has 0 heterocycles. The minimum Gasteiger partial charge on any atom is -0.427 e. The summed E-state index contributed by atoms with van der Waals surface area (Å²) in [6.07, 6.45) is 7.81. The van der Waals surface area contributed by atoms with Crippen LogP contribution in [0.3, 0.4) is 0 Å². The number of hydrogen-bond donors (Lipinski definition) is 0.